The number of halogens is 1. The van der Waals surface area contributed by atoms with Crippen molar-refractivity contribution in [1.29, 1.82) is 0 Å². The van der Waals surface area contributed by atoms with E-state index < -0.39 is 10.0 Å². The average molecular weight is 324 g/mol. The van der Waals surface area contributed by atoms with Gasteiger partial charge in [-0.25, -0.2) is 13.1 Å². The summed E-state index contributed by atoms with van der Waals surface area (Å²) < 4.78 is 28.1. The third-order valence-electron chi connectivity index (χ3n) is 2.81. The highest BCUT2D eigenvalue weighted by molar-refractivity contribution is 9.11. The Labute approximate surface area is 108 Å². The summed E-state index contributed by atoms with van der Waals surface area (Å²) in [4.78, 5) is 0. The normalized spacial score (nSPS) is 17.7. The van der Waals surface area contributed by atoms with Gasteiger partial charge in [-0.15, -0.1) is 11.3 Å². The first kappa shape index (κ1) is 12.5. The number of sulfonamides is 1. The third kappa shape index (κ3) is 2.67. The standard InChI is InChI=1S/C10H14BrNO2S2/c1-10(2,7-3-4-7)12-16(13,14)9-6-5-8(11)15-9/h5-7,12H,3-4H2,1-2H3. The quantitative estimate of drug-likeness (QED) is 0.925. The summed E-state index contributed by atoms with van der Waals surface area (Å²) in [6.45, 7) is 3.90. The summed E-state index contributed by atoms with van der Waals surface area (Å²) in [7, 11) is -3.36. The molecule has 0 unspecified atom stereocenters. The smallest absolute Gasteiger partial charge is 0.206 e. The summed E-state index contributed by atoms with van der Waals surface area (Å²) in [5.74, 6) is 0.477. The van der Waals surface area contributed by atoms with Crippen LogP contribution in [-0.2, 0) is 10.0 Å². The van der Waals surface area contributed by atoms with Crippen LogP contribution in [0.4, 0.5) is 0 Å². The van der Waals surface area contributed by atoms with Crippen molar-refractivity contribution in [2.75, 3.05) is 0 Å². The molecule has 2 rings (SSSR count). The van der Waals surface area contributed by atoms with Crippen LogP contribution < -0.4 is 4.72 Å². The van der Waals surface area contributed by atoms with Gasteiger partial charge in [-0.1, -0.05) is 0 Å². The third-order valence-corrected chi connectivity index (χ3v) is 6.60. The van der Waals surface area contributed by atoms with Crippen molar-refractivity contribution >= 4 is 37.3 Å². The second-order valence-corrected chi connectivity index (χ2v) is 9.03. The molecule has 0 radical (unpaired) electrons. The van der Waals surface area contributed by atoms with Crippen molar-refractivity contribution in [1.82, 2.24) is 4.72 Å². The molecule has 90 valence electrons. The molecule has 1 aliphatic rings. The van der Waals surface area contributed by atoms with Gasteiger partial charge in [-0.2, -0.15) is 0 Å². The predicted molar refractivity (Wildman–Crippen MR) is 69.1 cm³/mol. The fourth-order valence-corrected chi connectivity index (χ4v) is 5.21. The van der Waals surface area contributed by atoms with Gasteiger partial charge in [0.2, 0.25) is 0 Å². The van der Waals surface area contributed by atoms with Crippen LogP contribution in [0.25, 0.3) is 0 Å². The fraction of sp³-hybridized carbons (Fsp3) is 0.600. The molecule has 3 nitrogen and oxygen atoms in total. The molecule has 1 saturated carbocycles. The van der Waals surface area contributed by atoms with Gasteiger partial charge >= 0.3 is 0 Å². The number of nitrogens with one attached hydrogen (secondary N) is 1. The largest absolute Gasteiger partial charge is 0.250 e. The Hall–Kier alpha value is 0.0900. The van der Waals surface area contributed by atoms with Crippen LogP contribution in [-0.4, -0.2) is 14.0 Å². The first-order chi connectivity index (χ1) is 7.31. The molecule has 0 bridgehead atoms. The van der Waals surface area contributed by atoms with Gasteiger partial charge in [0.25, 0.3) is 10.0 Å². The lowest BCUT2D eigenvalue weighted by Crippen LogP contribution is -2.44. The fourth-order valence-electron chi connectivity index (χ4n) is 1.73. The van der Waals surface area contributed by atoms with Gasteiger partial charge in [0.1, 0.15) is 4.21 Å². The highest BCUT2D eigenvalue weighted by atomic mass is 79.9. The van der Waals surface area contributed by atoms with Gasteiger partial charge in [0.15, 0.2) is 0 Å². The number of hydrogen-bond donors (Lipinski definition) is 1. The molecule has 16 heavy (non-hydrogen) atoms. The molecular formula is C10H14BrNO2S2. The zero-order chi connectivity index (χ0) is 12.0. The summed E-state index contributed by atoms with van der Waals surface area (Å²) in [6.07, 6.45) is 2.23. The van der Waals surface area contributed by atoms with Crippen LogP contribution in [0.5, 0.6) is 0 Å². The minimum absolute atomic E-state index is 0.338. The van der Waals surface area contributed by atoms with Crippen molar-refractivity contribution in [3.05, 3.63) is 15.9 Å². The molecule has 0 atom stereocenters. The minimum atomic E-state index is -3.36. The van der Waals surface area contributed by atoms with Gasteiger partial charge in [0.05, 0.1) is 3.79 Å². The lowest BCUT2D eigenvalue weighted by atomic mass is 10.0. The molecule has 0 aromatic carbocycles. The van der Waals surface area contributed by atoms with Gasteiger partial charge in [0, 0.05) is 5.54 Å². The zero-order valence-corrected chi connectivity index (χ0v) is 12.4. The van der Waals surface area contributed by atoms with Crippen LogP contribution in [0.15, 0.2) is 20.1 Å². The van der Waals surface area contributed by atoms with E-state index in [1.54, 1.807) is 12.1 Å². The van der Waals surface area contributed by atoms with E-state index in [4.69, 9.17) is 0 Å². The maximum atomic E-state index is 12.1. The highest BCUT2D eigenvalue weighted by Crippen LogP contribution is 2.40. The van der Waals surface area contributed by atoms with E-state index >= 15 is 0 Å². The lowest BCUT2D eigenvalue weighted by Gasteiger charge is -2.25. The first-order valence-corrected chi connectivity index (χ1v) is 8.20. The lowest BCUT2D eigenvalue weighted by molar-refractivity contribution is 0.401. The van der Waals surface area contributed by atoms with Crippen molar-refractivity contribution < 1.29 is 8.42 Å². The van der Waals surface area contributed by atoms with Crippen LogP contribution >= 0.6 is 27.3 Å². The maximum absolute atomic E-state index is 12.1. The van der Waals surface area contributed by atoms with Gasteiger partial charge in [-0.05, 0) is 60.7 Å². The Balaban J connectivity index is 2.20. The van der Waals surface area contributed by atoms with E-state index in [1.165, 1.54) is 11.3 Å². The van der Waals surface area contributed by atoms with E-state index in [2.05, 4.69) is 20.7 Å². The SMILES string of the molecule is CC(C)(NS(=O)(=O)c1ccc(Br)s1)C1CC1. The maximum Gasteiger partial charge on any atom is 0.250 e. The van der Waals surface area contributed by atoms with Crippen molar-refractivity contribution in [2.45, 2.75) is 36.4 Å². The molecule has 0 amide bonds. The molecule has 1 heterocycles. The van der Waals surface area contributed by atoms with Crippen LogP contribution in [0.2, 0.25) is 0 Å². The average Bonchev–Trinajstić information content (AvgIpc) is 2.88. The van der Waals surface area contributed by atoms with Crippen molar-refractivity contribution in [2.24, 2.45) is 5.92 Å². The number of rotatable bonds is 4. The first-order valence-electron chi connectivity index (χ1n) is 5.10. The van der Waals surface area contributed by atoms with Crippen molar-refractivity contribution in [3.63, 3.8) is 0 Å². The predicted octanol–water partition coefficient (Wildman–Crippen LogP) is 2.98. The van der Waals surface area contributed by atoms with E-state index in [9.17, 15) is 8.42 Å². The minimum Gasteiger partial charge on any atom is -0.206 e. The molecule has 6 heteroatoms. The Morgan fingerprint density at radius 3 is 2.50 bits per heavy atom. The van der Waals surface area contributed by atoms with Gasteiger partial charge in [-0.3, -0.25) is 0 Å². The number of hydrogen-bond acceptors (Lipinski definition) is 3. The highest BCUT2D eigenvalue weighted by Gasteiger charge is 2.40. The van der Waals surface area contributed by atoms with E-state index in [0.717, 1.165) is 16.6 Å². The Kier molecular flexibility index (Phi) is 3.20. The van der Waals surface area contributed by atoms with Gasteiger partial charge < -0.3 is 0 Å². The summed E-state index contributed by atoms with van der Waals surface area (Å²) in [6, 6.07) is 3.38. The molecule has 1 aliphatic carbocycles. The molecule has 0 saturated heterocycles. The summed E-state index contributed by atoms with van der Waals surface area (Å²) in [5.41, 5.74) is -0.338. The second-order valence-electron chi connectivity index (χ2n) is 4.66. The topological polar surface area (TPSA) is 46.2 Å². The van der Waals surface area contributed by atoms with Crippen LogP contribution in [0.3, 0.4) is 0 Å². The monoisotopic (exact) mass is 323 g/mol. The molecule has 1 aromatic rings. The van der Waals surface area contributed by atoms with E-state index in [-0.39, 0.29) is 5.54 Å². The molecule has 0 aliphatic heterocycles. The molecule has 1 fully saturated rings. The van der Waals surface area contributed by atoms with Crippen LogP contribution in [0.1, 0.15) is 26.7 Å². The van der Waals surface area contributed by atoms with Crippen molar-refractivity contribution in [3.8, 4) is 0 Å². The Morgan fingerprint density at radius 2 is 2.06 bits per heavy atom. The summed E-state index contributed by atoms with van der Waals surface area (Å²) in [5, 5.41) is 0. The Morgan fingerprint density at radius 1 is 1.44 bits per heavy atom. The number of thiophene rings is 1. The molecular weight excluding hydrogens is 310 g/mol. The zero-order valence-electron chi connectivity index (χ0n) is 9.16. The Bertz CT molecular complexity index is 489. The van der Waals surface area contributed by atoms with Crippen LogP contribution in [0, 0.1) is 5.92 Å². The molecule has 1 N–H and O–H groups in total. The van der Waals surface area contributed by atoms with E-state index in [0.29, 0.717) is 10.1 Å². The molecule has 0 spiro atoms. The second kappa shape index (κ2) is 4.08. The molecule has 1 aromatic heterocycles. The van der Waals surface area contributed by atoms with E-state index in [1.807, 2.05) is 13.8 Å². The summed E-state index contributed by atoms with van der Waals surface area (Å²) >= 11 is 4.51.